The van der Waals surface area contributed by atoms with Crippen molar-refractivity contribution in [1.82, 2.24) is 14.5 Å². The number of nitrogens with zero attached hydrogens (tertiary/aromatic N) is 3. The van der Waals surface area contributed by atoms with Crippen LogP contribution in [0.2, 0.25) is 10.0 Å². The Balaban J connectivity index is 1.89. The van der Waals surface area contributed by atoms with Gasteiger partial charge in [0.1, 0.15) is 0 Å². The number of halogens is 2. The first-order valence-electron chi connectivity index (χ1n) is 9.65. The molecule has 2 heterocycles. The number of benzene rings is 2. The predicted molar refractivity (Wildman–Crippen MR) is 120 cm³/mol. The Morgan fingerprint density at radius 3 is 2.50 bits per heavy atom. The Kier molecular flexibility index (Phi) is 4.87. The van der Waals surface area contributed by atoms with Crippen LogP contribution < -0.4 is 4.48 Å². The van der Waals surface area contributed by atoms with Crippen LogP contribution in [0.3, 0.4) is 0 Å². The van der Waals surface area contributed by atoms with E-state index in [1.165, 1.54) is 49.0 Å². The fraction of sp³-hybridized carbons (Fsp3) is 0.273. The van der Waals surface area contributed by atoms with Gasteiger partial charge in [-0.25, -0.2) is 0 Å². The van der Waals surface area contributed by atoms with E-state index in [2.05, 4.69) is 22.8 Å². The maximum absolute atomic E-state index is 6.39. The fourth-order valence-corrected chi connectivity index (χ4v) is 5.35. The molecule has 1 fully saturated rings. The van der Waals surface area contributed by atoms with E-state index in [0.29, 0.717) is 16.0 Å². The van der Waals surface area contributed by atoms with E-state index in [9.17, 15) is 0 Å². The molecule has 2 aromatic carbocycles. The first-order chi connectivity index (χ1) is 13.6. The summed E-state index contributed by atoms with van der Waals surface area (Å²) < 4.78 is 3.33. The fourth-order valence-electron chi connectivity index (χ4n) is 4.34. The van der Waals surface area contributed by atoms with E-state index >= 15 is 0 Å². The van der Waals surface area contributed by atoms with Crippen molar-refractivity contribution in [3.8, 4) is 5.69 Å². The number of aromatic nitrogens is 3. The van der Waals surface area contributed by atoms with Gasteiger partial charge in [-0.15, -0.1) is 0 Å². The van der Waals surface area contributed by atoms with Gasteiger partial charge in [-0.2, -0.15) is 0 Å². The van der Waals surface area contributed by atoms with Gasteiger partial charge >= 0.3 is 183 Å². The van der Waals surface area contributed by atoms with E-state index in [0.717, 1.165) is 37.9 Å². The van der Waals surface area contributed by atoms with Gasteiger partial charge in [-0.3, -0.25) is 0 Å². The van der Waals surface area contributed by atoms with Crippen LogP contribution in [0, 0.1) is 0 Å². The van der Waals surface area contributed by atoms with E-state index < -0.39 is 0 Å². The second-order valence-electron chi connectivity index (χ2n) is 7.45. The van der Waals surface area contributed by atoms with Gasteiger partial charge in [-0.1, -0.05) is 0 Å². The molecule has 0 bridgehead atoms. The van der Waals surface area contributed by atoms with Crippen LogP contribution in [0.4, 0.5) is 0 Å². The third-order valence-electron chi connectivity index (χ3n) is 5.68. The molecule has 3 nitrogen and oxygen atoms in total. The third-order valence-corrected chi connectivity index (χ3v) is 7.26. The predicted octanol–water partition coefficient (Wildman–Crippen LogP) is 5.19. The SMILES string of the molecule is Clc1ccc(-n2c(C3CCCCC3)nc3c([AsH2])nc4ccccc4c32)cc1Cl. The van der Waals surface area contributed by atoms with E-state index in [1.807, 2.05) is 24.3 Å². The Morgan fingerprint density at radius 1 is 0.929 bits per heavy atom. The quantitative estimate of drug-likeness (QED) is 0.377. The van der Waals surface area contributed by atoms with Crippen molar-refractivity contribution < 1.29 is 0 Å². The second-order valence-corrected chi connectivity index (χ2v) is 9.41. The van der Waals surface area contributed by atoms with Crippen LogP contribution in [0.15, 0.2) is 42.5 Å². The van der Waals surface area contributed by atoms with Crippen molar-refractivity contribution in [3.05, 3.63) is 58.3 Å². The zero-order chi connectivity index (χ0) is 19.3. The zero-order valence-electron chi connectivity index (χ0n) is 15.3. The van der Waals surface area contributed by atoms with Gasteiger partial charge in [-0.05, 0) is 0 Å². The summed E-state index contributed by atoms with van der Waals surface area (Å²) in [6.07, 6.45) is 6.20. The summed E-state index contributed by atoms with van der Waals surface area (Å²) in [7, 11) is 0. The van der Waals surface area contributed by atoms with Crippen molar-refractivity contribution in [1.29, 1.82) is 0 Å². The molecule has 6 heteroatoms. The van der Waals surface area contributed by atoms with Crippen molar-refractivity contribution in [2.75, 3.05) is 0 Å². The number of hydrogen-bond donors (Lipinski definition) is 0. The molecule has 1 unspecified atom stereocenters. The molecule has 0 radical (unpaired) electrons. The Labute approximate surface area is 182 Å². The van der Waals surface area contributed by atoms with Crippen LogP contribution in [0.5, 0.6) is 0 Å². The summed E-state index contributed by atoms with van der Waals surface area (Å²) in [5, 5.41) is 2.26. The molecule has 28 heavy (non-hydrogen) atoms. The van der Waals surface area contributed by atoms with Crippen molar-refractivity contribution >= 4 is 66.5 Å². The summed E-state index contributed by atoms with van der Waals surface area (Å²) in [5.41, 5.74) is 4.15. The van der Waals surface area contributed by atoms with E-state index in [1.54, 1.807) is 0 Å². The molecule has 1 aliphatic rings. The van der Waals surface area contributed by atoms with E-state index in [-0.39, 0.29) is 0 Å². The number of hydrogen-bond acceptors (Lipinski definition) is 2. The Bertz CT molecular complexity index is 1200. The Morgan fingerprint density at radius 2 is 1.71 bits per heavy atom. The maximum atomic E-state index is 6.39. The van der Waals surface area contributed by atoms with Crippen LogP contribution in [0.1, 0.15) is 43.8 Å². The molecule has 1 atom stereocenters. The van der Waals surface area contributed by atoms with Gasteiger partial charge in [0.05, 0.1) is 0 Å². The van der Waals surface area contributed by atoms with Crippen LogP contribution in [0.25, 0.3) is 27.6 Å². The van der Waals surface area contributed by atoms with Crippen molar-refractivity contribution in [2.24, 2.45) is 0 Å². The summed E-state index contributed by atoms with van der Waals surface area (Å²) in [5.74, 6) is 1.59. The molecule has 0 saturated heterocycles. The van der Waals surface area contributed by atoms with Gasteiger partial charge in [0.25, 0.3) is 0 Å². The summed E-state index contributed by atoms with van der Waals surface area (Å²) in [6, 6.07) is 14.2. The summed E-state index contributed by atoms with van der Waals surface area (Å²) >= 11 is 14.1. The molecule has 1 saturated carbocycles. The van der Waals surface area contributed by atoms with Gasteiger partial charge in [0.15, 0.2) is 0 Å². The molecular formula is C22H20AsCl2N3. The third kappa shape index (κ3) is 3.05. The summed E-state index contributed by atoms with van der Waals surface area (Å²) in [6.45, 7) is 0. The number of para-hydroxylation sites is 1. The number of fused-ring (bicyclic) bond motifs is 3. The zero-order valence-corrected chi connectivity index (χ0v) is 19.3. The normalized spacial score (nSPS) is 15.5. The van der Waals surface area contributed by atoms with Crippen molar-refractivity contribution in [3.63, 3.8) is 0 Å². The molecule has 4 aromatic rings. The molecule has 0 aliphatic heterocycles. The van der Waals surface area contributed by atoms with Crippen LogP contribution in [-0.4, -0.2) is 31.4 Å². The van der Waals surface area contributed by atoms with Gasteiger partial charge in [0.2, 0.25) is 0 Å². The first-order valence-corrected chi connectivity index (χ1v) is 11.6. The molecule has 2 aromatic heterocycles. The Hall–Kier alpha value is -1.54. The number of rotatable bonds is 2. The molecule has 0 N–H and O–H groups in total. The average molecular weight is 472 g/mol. The topological polar surface area (TPSA) is 30.7 Å². The average Bonchev–Trinajstić information content (AvgIpc) is 3.12. The second kappa shape index (κ2) is 7.37. The van der Waals surface area contributed by atoms with Crippen molar-refractivity contribution in [2.45, 2.75) is 38.0 Å². The van der Waals surface area contributed by atoms with Crippen LogP contribution in [-0.2, 0) is 0 Å². The monoisotopic (exact) mass is 471 g/mol. The van der Waals surface area contributed by atoms with E-state index in [4.69, 9.17) is 33.2 Å². The minimum atomic E-state index is 0.460. The van der Waals surface area contributed by atoms with Crippen LogP contribution >= 0.6 is 23.2 Å². The summed E-state index contributed by atoms with van der Waals surface area (Å²) in [4.78, 5) is 9.99. The number of pyridine rings is 1. The first kappa shape index (κ1) is 18.5. The molecule has 0 spiro atoms. The number of imidazole rings is 1. The minimum absolute atomic E-state index is 0.460. The molecule has 142 valence electrons. The molecule has 1 aliphatic carbocycles. The standard InChI is InChI=1S/C22H20AsCl2N3/c23-21-19-20(15-8-4-5-9-18(15)26-21)28(14-10-11-16(24)17(25)12-14)22(27-19)13-6-2-1-3-7-13/h4-5,8-13H,1-3,6-7,23H2. The van der Waals surface area contributed by atoms with Gasteiger partial charge in [0, 0.05) is 0 Å². The molecule has 5 rings (SSSR count). The molecular weight excluding hydrogens is 452 g/mol. The van der Waals surface area contributed by atoms with Gasteiger partial charge < -0.3 is 0 Å². The molecule has 0 amide bonds.